The minimum atomic E-state index is -0.438. The van der Waals surface area contributed by atoms with E-state index < -0.39 is 4.92 Å². The molecule has 0 aromatic heterocycles. The summed E-state index contributed by atoms with van der Waals surface area (Å²) in [4.78, 5) is 15.6. The van der Waals surface area contributed by atoms with Gasteiger partial charge in [-0.05, 0) is 57.7 Å². The van der Waals surface area contributed by atoms with E-state index in [9.17, 15) is 10.1 Å². The molecule has 0 spiro atoms. The molecule has 3 aromatic carbocycles. The van der Waals surface area contributed by atoms with Crippen molar-refractivity contribution >= 4 is 27.8 Å². The summed E-state index contributed by atoms with van der Waals surface area (Å²) in [6.45, 7) is 2.69. The molecule has 0 bridgehead atoms. The van der Waals surface area contributed by atoms with Gasteiger partial charge in [-0.2, -0.15) is 0 Å². The molecule has 0 aliphatic rings. The fourth-order valence-corrected chi connectivity index (χ4v) is 3.04. The topological polar surface area (TPSA) is 74.0 Å². The van der Waals surface area contributed by atoms with Crippen LogP contribution >= 0.6 is 15.9 Å². The van der Waals surface area contributed by atoms with Crippen LogP contribution in [0.5, 0.6) is 5.75 Å². The van der Waals surface area contributed by atoms with Gasteiger partial charge in [-0.3, -0.25) is 10.1 Å². The highest BCUT2D eigenvalue weighted by Crippen LogP contribution is 2.26. The molecular weight excluding hydrogens is 436 g/mol. The quantitative estimate of drug-likeness (QED) is 0.245. The van der Waals surface area contributed by atoms with Crippen LogP contribution in [0.4, 0.5) is 5.69 Å². The number of nitro benzene ring substituents is 1. The van der Waals surface area contributed by atoms with Gasteiger partial charge < -0.3 is 9.57 Å². The number of oxime groups is 1. The number of aryl methyl sites for hydroxylation is 1. The van der Waals surface area contributed by atoms with Crippen molar-refractivity contribution in [3.8, 4) is 5.75 Å². The Kier molecular flexibility index (Phi) is 6.97. The Balaban J connectivity index is 1.53. The third-order valence-corrected chi connectivity index (χ3v) is 4.72. The molecule has 3 rings (SSSR count). The Morgan fingerprint density at radius 3 is 2.55 bits per heavy atom. The molecule has 0 heterocycles. The van der Waals surface area contributed by atoms with Crippen LogP contribution < -0.4 is 4.74 Å². The van der Waals surface area contributed by atoms with Gasteiger partial charge in [-0.1, -0.05) is 47.1 Å². The molecule has 0 saturated heterocycles. The first-order valence-electron chi connectivity index (χ1n) is 8.88. The number of nitrogens with zero attached hydrogens (tertiary/aromatic N) is 2. The fraction of sp³-hybridized carbons (Fsp3) is 0.136. The molecule has 0 unspecified atom stereocenters. The average Bonchev–Trinajstić information content (AvgIpc) is 2.72. The molecule has 29 heavy (non-hydrogen) atoms. The standard InChI is InChI=1S/C22H19BrN2O4/c1-16-5-7-17(8-6-16)14-28-22-10-9-18(12-21(22)23)13-24-29-15-19-3-2-4-20(11-19)25(26)27/h2-13H,14-15H2,1H3/b24-13-. The molecular formula is C22H19BrN2O4. The van der Waals surface area contributed by atoms with Crippen molar-refractivity contribution in [3.05, 3.63) is 104 Å². The first-order valence-corrected chi connectivity index (χ1v) is 9.67. The van der Waals surface area contributed by atoms with Gasteiger partial charge in [-0.25, -0.2) is 0 Å². The molecule has 0 fully saturated rings. The van der Waals surface area contributed by atoms with Gasteiger partial charge in [0, 0.05) is 12.1 Å². The van der Waals surface area contributed by atoms with E-state index >= 15 is 0 Å². The predicted octanol–water partition coefficient (Wildman–Crippen LogP) is 5.80. The van der Waals surface area contributed by atoms with Crippen LogP contribution in [0.25, 0.3) is 0 Å². The van der Waals surface area contributed by atoms with Gasteiger partial charge in [0.1, 0.15) is 19.0 Å². The van der Waals surface area contributed by atoms with E-state index in [0.717, 1.165) is 21.3 Å². The van der Waals surface area contributed by atoms with Crippen molar-refractivity contribution in [1.82, 2.24) is 0 Å². The lowest BCUT2D eigenvalue weighted by Gasteiger charge is -2.09. The summed E-state index contributed by atoms with van der Waals surface area (Å²) in [6.07, 6.45) is 1.58. The zero-order valence-electron chi connectivity index (χ0n) is 15.7. The first kappa shape index (κ1) is 20.5. The lowest BCUT2D eigenvalue weighted by Crippen LogP contribution is -1.96. The fourth-order valence-electron chi connectivity index (χ4n) is 2.53. The van der Waals surface area contributed by atoms with Gasteiger partial charge in [-0.15, -0.1) is 0 Å². The third-order valence-electron chi connectivity index (χ3n) is 4.10. The molecule has 0 amide bonds. The van der Waals surface area contributed by atoms with Crippen LogP contribution in [0.1, 0.15) is 22.3 Å². The van der Waals surface area contributed by atoms with E-state index in [0.29, 0.717) is 12.2 Å². The lowest BCUT2D eigenvalue weighted by atomic mass is 10.2. The van der Waals surface area contributed by atoms with Crippen molar-refractivity contribution in [2.75, 3.05) is 0 Å². The Morgan fingerprint density at radius 2 is 1.83 bits per heavy atom. The normalized spacial score (nSPS) is 10.8. The van der Waals surface area contributed by atoms with Crippen molar-refractivity contribution in [2.45, 2.75) is 20.1 Å². The summed E-state index contributed by atoms with van der Waals surface area (Å²) >= 11 is 3.51. The number of hydrogen-bond donors (Lipinski definition) is 0. The molecule has 0 N–H and O–H groups in total. The first-order chi connectivity index (χ1) is 14.0. The summed E-state index contributed by atoms with van der Waals surface area (Å²) in [6, 6.07) is 20.1. The molecule has 0 saturated carbocycles. The Morgan fingerprint density at radius 1 is 1.03 bits per heavy atom. The van der Waals surface area contributed by atoms with Gasteiger partial charge in [0.25, 0.3) is 5.69 Å². The maximum absolute atomic E-state index is 10.8. The molecule has 0 aliphatic carbocycles. The van der Waals surface area contributed by atoms with Crippen LogP contribution in [-0.2, 0) is 18.1 Å². The summed E-state index contributed by atoms with van der Waals surface area (Å²) in [5.74, 6) is 0.736. The summed E-state index contributed by atoms with van der Waals surface area (Å²) < 4.78 is 6.67. The minimum absolute atomic E-state index is 0.0280. The van der Waals surface area contributed by atoms with Crippen molar-refractivity contribution in [3.63, 3.8) is 0 Å². The smallest absolute Gasteiger partial charge is 0.269 e. The highest BCUT2D eigenvalue weighted by molar-refractivity contribution is 9.10. The van der Waals surface area contributed by atoms with Crippen LogP contribution in [0.2, 0.25) is 0 Å². The van der Waals surface area contributed by atoms with Crippen molar-refractivity contribution < 1.29 is 14.5 Å². The zero-order valence-corrected chi connectivity index (χ0v) is 17.3. The van der Waals surface area contributed by atoms with Crippen LogP contribution in [-0.4, -0.2) is 11.1 Å². The number of benzene rings is 3. The van der Waals surface area contributed by atoms with Gasteiger partial charge in [0.05, 0.1) is 15.6 Å². The van der Waals surface area contributed by atoms with Gasteiger partial charge in [0.15, 0.2) is 0 Å². The zero-order chi connectivity index (χ0) is 20.6. The number of halogens is 1. The molecule has 6 nitrogen and oxygen atoms in total. The number of rotatable bonds is 8. The molecule has 3 aromatic rings. The second-order valence-corrected chi connectivity index (χ2v) is 7.25. The molecule has 0 aliphatic heterocycles. The van der Waals surface area contributed by atoms with Gasteiger partial charge in [0.2, 0.25) is 0 Å². The predicted molar refractivity (Wildman–Crippen MR) is 115 cm³/mol. The second kappa shape index (κ2) is 9.84. The van der Waals surface area contributed by atoms with E-state index in [1.54, 1.807) is 18.3 Å². The monoisotopic (exact) mass is 454 g/mol. The van der Waals surface area contributed by atoms with E-state index in [1.165, 1.54) is 17.7 Å². The van der Waals surface area contributed by atoms with Gasteiger partial charge >= 0.3 is 0 Å². The van der Waals surface area contributed by atoms with E-state index in [-0.39, 0.29) is 12.3 Å². The number of non-ortho nitro benzene ring substituents is 1. The Labute approximate surface area is 177 Å². The summed E-state index contributed by atoms with van der Waals surface area (Å²) in [7, 11) is 0. The average molecular weight is 455 g/mol. The van der Waals surface area contributed by atoms with Crippen molar-refractivity contribution in [1.29, 1.82) is 0 Å². The number of ether oxygens (including phenoxy) is 1. The van der Waals surface area contributed by atoms with Crippen molar-refractivity contribution in [2.24, 2.45) is 5.16 Å². The summed E-state index contributed by atoms with van der Waals surface area (Å²) in [5.41, 5.74) is 3.85. The van der Waals surface area contributed by atoms with Crippen LogP contribution in [0.3, 0.4) is 0 Å². The van der Waals surface area contributed by atoms with Crippen LogP contribution in [0, 0.1) is 17.0 Å². The lowest BCUT2D eigenvalue weighted by molar-refractivity contribution is -0.384. The Bertz CT molecular complexity index is 1020. The maximum atomic E-state index is 10.8. The van der Waals surface area contributed by atoms with E-state index in [4.69, 9.17) is 9.57 Å². The summed E-state index contributed by atoms with van der Waals surface area (Å²) in [5, 5.41) is 14.7. The minimum Gasteiger partial charge on any atom is -0.488 e. The highest BCUT2D eigenvalue weighted by Gasteiger charge is 2.06. The largest absolute Gasteiger partial charge is 0.488 e. The second-order valence-electron chi connectivity index (χ2n) is 6.40. The highest BCUT2D eigenvalue weighted by atomic mass is 79.9. The number of hydrogen-bond acceptors (Lipinski definition) is 5. The van der Waals surface area contributed by atoms with Crippen LogP contribution in [0.15, 0.2) is 76.4 Å². The molecule has 0 atom stereocenters. The van der Waals surface area contributed by atoms with E-state index in [2.05, 4.69) is 40.1 Å². The molecule has 0 radical (unpaired) electrons. The third kappa shape index (κ3) is 6.15. The molecule has 148 valence electrons. The molecule has 7 heteroatoms. The maximum Gasteiger partial charge on any atom is 0.269 e. The SMILES string of the molecule is Cc1ccc(COc2ccc(/C=N\OCc3cccc([N+](=O)[O-])c3)cc2Br)cc1. The Hall–Kier alpha value is -3.19. The number of nitro groups is 1. The van der Waals surface area contributed by atoms with E-state index in [1.807, 2.05) is 30.3 Å².